The quantitative estimate of drug-likeness (QED) is 0.790. The molecule has 150 valence electrons. The molecular formula is C21H27N3O4. The number of amides is 1. The molecule has 1 fully saturated rings. The summed E-state index contributed by atoms with van der Waals surface area (Å²) in [5, 5.41) is 3.17. The standard InChI is InChI=1S/C21H27N3O4/c1-26-16-8-9-17(20(14-16)28-3)22-15-21(25)24-12-10-23(11-13-24)18-6-4-5-7-19(18)27-2/h4-9,14,22H,10-13,15H2,1-3H3. The highest BCUT2D eigenvalue weighted by Crippen LogP contribution is 2.30. The summed E-state index contributed by atoms with van der Waals surface area (Å²) in [6, 6.07) is 13.4. The summed E-state index contributed by atoms with van der Waals surface area (Å²) >= 11 is 0. The summed E-state index contributed by atoms with van der Waals surface area (Å²) in [4.78, 5) is 16.8. The second-order valence-corrected chi connectivity index (χ2v) is 6.46. The Bertz CT molecular complexity index is 804. The molecular weight excluding hydrogens is 358 g/mol. The zero-order valence-corrected chi connectivity index (χ0v) is 16.6. The average Bonchev–Trinajstić information content (AvgIpc) is 2.77. The fraction of sp³-hybridized carbons (Fsp3) is 0.381. The molecule has 0 spiro atoms. The van der Waals surface area contributed by atoms with Gasteiger partial charge in [0.15, 0.2) is 0 Å². The Hall–Kier alpha value is -3.09. The van der Waals surface area contributed by atoms with Crippen LogP contribution >= 0.6 is 0 Å². The number of anilines is 2. The minimum atomic E-state index is 0.0672. The first-order valence-electron chi connectivity index (χ1n) is 9.28. The molecule has 7 heteroatoms. The van der Waals surface area contributed by atoms with Gasteiger partial charge in [0.1, 0.15) is 17.2 Å². The summed E-state index contributed by atoms with van der Waals surface area (Å²) in [5.74, 6) is 2.28. The van der Waals surface area contributed by atoms with Gasteiger partial charge in [0, 0.05) is 32.2 Å². The number of ether oxygens (including phenoxy) is 3. The van der Waals surface area contributed by atoms with Gasteiger partial charge in [-0.05, 0) is 24.3 Å². The monoisotopic (exact) mass is 385 g/mol. The lowest BCUT2D eigenvalue weighted by atomic mass is 10.2. The fourth-order valence-corrected chi connectivity index (χ4v) is 3.31. The maximum atomic E-state index is 12.6. The molecule has 1 saturated heterocycles. The SMILES string of the molecule is COc1ccc(NCC(=O)N2CCN(c3ccccc3OC)CC2)c(OC)c1. The first-order chi connectivity index (χ1) is 13.7. The van der Waals surface area contributed by atoms with E-state index in [4.69, 9.17) is 14.2 Å². The molecule has 0 aromatic heterocycles. The molecule has 1 amide bonds. The van der Waals surface area contributed by atoms with Crippen molar-refractivity contribution in [2.75, 3.05) is 64.3 Å². The van der Waals surface area contributed by atoms with E-state index in [1.165, 1.54) is 0 Å². The maximum absolute atomic E-state index is 12.6. The zero-order chi connectivity index (χ0) is 19.9. The molecule has 3 rings (SSSR count). The van der Waals surface area contributed by atoms with Crippen molar-refractivity contribution in [3.63, 3.8) is 0 Å². The number of carbonyl (C=O) groups excluding carboxylic acids is 1. The first kappa shape index (κ1) is 19.7. The molecule has 0 radical (unpaired) electrons. The van der Waals surface area contributed by atoms with Crippen molar-refractivity contribution in [2.45, 2.75) is 0 Å². The van der Waals surface area contributed by atoms with E-state index in [1.54, 1.807) is 27.4 Å². The van der Waals surface area contributed by atoms with Crippen molar-refractivity contribution in [2.24, 2.45) is 0 Å². The van der Waals surface area contributed by atoms with Crippen LogP contribution in [0.5, 0.6) is 17.2 Å². The van der Waals surface area contributed by atoms with Crippen molar-refractivity contribution in [1.82, 2.24) is 4.90 Å². The molecule has 0 saturated carbocycles. The smallest absolute Gasteiger partial charge is 0.241 e. The summed E-state index contributed by atoms with van der Waals surface area (Å²) in [6.45, 7) is 3.13. The van der Waals surface area contributed by atoms with Crippen molar-refractivity contribution < 1.29 is 19.0 Å². The Morgan fingerprint density at radius 1 is 0.929 bits per heavy atom. The second kappa shape index (κ2) is 9.21. The van der Waals surface area contributed by atoms with Gasteiger partial charge in [0.2, 0.25) is 5.91 Å². The normalized spacial score (nSPS) is 13.8. The third-order valence-corrected chi connectivity index (χ3v) is 4.90. The van der Waals surface area contributed by atoms with Gasteiger partial charge in [-0.3, -0.25) is 4.79 Å². The molecule has 0 aliphatic carbocycles. The second-order valence-electron chi connectivity index (χ2n) is 6.46. The average molecular weight is 385 g/mol. The van der Waals surface area contributed by atoms with Crippen LogP contribution in [0.3, 0.4) is 0 Å². The van der Waals surface area contributed by atoms with E-state index in [9.17, 15) is 4.79 Å². The van der Waals surface area contributed by atoms with Crippen molar-refractivity contribution in [1.29, 1.82) is 0 Å². The predicted molar refractivity (Wildman–Crippen MR) is 110 cm³/mol. The van der Waals surface area contributed by atoms with Crippen molar-refractivity contribution in [3.8, 4) is 17.2 Å². The number of rotatable bonds is 7. The van der Waals surface area contributed by atoms with Crippen LogP contribution in [0, 0.1) is 0 Å². The van der Waals surface area contributed by atoms with E-state index in [0.29, 0.717) is 24.6 Å². The van der Waals surface area contributed by atoms with Crippen molar-refractivity contribution in [3.05, 3.63) is 42.5 Å². The van der Waals surface area contributed by atoms with E-state index < -0.39 is 0 Å². The molecule has 0 bridgehead atoms. The molecule has 28 heavy (non-hydrogen) atoms. The molecule has 0 atom stereocenters. The van der Waals surface area contributed by atoms with Crippen LogP contribution in [0.15, 0.2) is 42.5 Å². The van der Waals surface area contributed by atoms with E-state index in [2.05, 4.69) is 10.2 Å². The lowest BCUT2D eigenvalue weighted by Crippen LogP contribution is -2.50. The number of methoxy groups -OCH3 is 3. The summed E-state index contributed by atoms with van der Waals surface area (Å²) in [7, 11) is 4.88. The summed E-state index contributed by atoms with van der Waals surface area (Å²) in [5.41, 5.74) is 1.84. The van der Waals surface area contributed by atoms with Crippen molar-refractivity contribution >= 4 is 17.3 Å². The number of nitrogens with zero attached hydrogens (tertiary/aromatic N) is 2. The fourth-order valence-electron chi connectivity index (χ4n) is 3.31. The van der Waals surface area contributed by atoms with E-state index in [0.717, 1.165) is 30.2 Å². The van der Waals surface area contributed by atoms with Gasteiger partial charge in [-0.2, -0.15) is 0 Å². The minimum Gasteiger partial charge on any atom is -0.497 e. The molecule has 1 heterocycles. The topological polar surface area (TPSA) is 63.3 Å². The Kier molecular flexibility index (Phi) is 6.47. The molecule has 2 aromatic carbocycles. The third-order valence-electron chi connectivity index (χ3n) is 4.90. The maximum Gasteiger partial charge on any atom is 0.241 e. The number of hydrogen-bond acceptors (Lipinski definition) is 6. The molecule has 0 unspecified atom stereocenters. The summed E-state index contributed by atoms with van der Waals surface area (Å²) < 4.78 is 16.0. The molecule has 1 N–H and O–H groups in total. The highest BCUT2D eigenvalue weighted by Gasteiger charge is 2.22. The van der Waals surface area contributed by atoms with Gasteiger partial charge >= 0.3 is 0 Å². The lowest BCUT2D eigenvalue weighted by molar-refractivity contribution is -0.129. The third kappa shape index (κ3) is 4.42. The van der Waals surface area contributed by atoms with Crippen LogP contribution in [-0.2, 0) is 4.79 Å². The number of para-hydroxylation sites is 2. The minimum absolute atomic E-state index is 0.0672. The van der Waals surface area contributed by atoms with E-state index in [1.807, 2.05) is 41.3 Å². The molecule has 1 aliphatic heterocycles. The zero-order valence-electron chi connectivity index (χ0n) is 16.6. The lowest BCUT2D eigenvalue weighted by Gasteiger charge is -2.36. The Morgan fingerprint density at radius 2 is 1.64 bits per heavy atom. The van der Waals surface area contributed by atoms with Gasteiger partial charge in [0.25, 0.3) is 0 Å². The van der Waals surface area contributed by atoms with E-state index in [-0.39, 0.29) is 12.5 Å². The number of benzene rings is 2. The Morgan fingerprint density at radius 3 is 2.32 bits per heavy atom. The van der Waals surface area contributed by atoms with Gasteiger partial charge < -0.3 is 29.3 Å². The van der Waals surface area contributed by atoms with Crippen LogP contribution in [0.1, 0.15) is 0 Å². The Balaban J connectivity index is 1.54. The largest absolute Gasteiger partial charge is 0.497 e. The summed E-state index contributed by atoms with van der Waals surface area (Å²) in [6.07, 6.45) is 0. The highest BCUT2D eigenvalue weighted by atomic mass is 16.5. The van der Waals surface area contributed by atoms with Crippen LogP contribution in [-0.4, -0.2) is 64.9 Å². The van der Waals surface area contributed by atoms with Gasteiger partial charge in [-0.25, -0.2) is 0 Å². The van der Waals surface area contributed by atoms with Crippen LogP contribution < -0.4 is 24.4 Å². The van der Waals surface area contributed by atoms with Gasteiger partial charge in [0.05, 0.1) is 39.2 Å². The number of carbonyl (C=O) groups is 1. The molecule has 2 aromatic rings. The highest BCUT2D eigenvalue weighted by molar-refractivity contribution is 5.82. The number of hydrogen-bond donors (Lipinski definition) is 1. The molecule has 7 nitrogen and oxygen atoms in total. The van der Waals surface area contributed by atoms with Gasteiger partial charge in [-0.1, -0.05) is 12.1 Å². The van der Waals surface area contributed by atoms with Gasteiger partial charge in [-0.15, -0.1) is 0 Å². The first-order valence-corrected chi connectivity index (χ1v) is 9.28. The van der Waals surface area contributed by atoms with Crippen LogP contribution in [0.4, 0.5) is 11.4 Å². The Labute approximate surface area is 165 Å². The van der Waals surface area contributed by atoms with E-state index >= 15 is 0 Å². The number of piperazine rings is 1. The number of nitrogens with one attached hydrogen (secondary N) is 1. The van der Waals surface area contributed by atoms with Crippen LogP contribution in [0.25, 0.3) is 0 Å². The predicted octanol–water partition coefficient (Wildman–Crippen LogP) is 2.47. The molecule has 1 aliphatic rings. The van der Waals surface area contributed by atoms with Crippen LogP contribution in [0.2, 0.25) is 0 Å².